The Morgan fingerprint density at radius 2 is 1.92 bits per heavy atom. The van der Waals surface area contributed by atoms with Gasteiger partial charge in [-0.3, -0.25) is 9.78 Å². The molecule has 0 amide bonds. The number of aromatic nitrogens is 3. The number of rotatable bonds is 6. The second-order valence-electron chi connectivity index (χ2n) is 4.95. The smallest absolute Gasteiger partial charge is 0.287 e. The second-order valence-corrected chi connectivity index (χ2v) is 5.30. The lowest BCUT2D eigenvalue weighted by Crippen LogP contribution is -2.11. The maximum atomic E-state index is 12.4. The second kappa shape index (κ2) is 7.18. The molecule has 7 heteroatoms. The van der Waals surface area contributed by atoms with Crippen molar-refractivity contribution in [1.29, 1.82) is 0 Å². The van der Waals surface area contributed by atoms with Crippen LogP contribution in [-0.2, 0) is 6.54 Å². The molecular formula is C17H15N3O3S. The highest BCUT2D eigenvalue weighted by Crippen LogP contribution is 2.17. The third-order valence-corrected chi connectivity index (χ3v) is 3.61. The van der Waals surface area contributed by atoms with Crippen molar-refractivity contribution in [2.75, 3.05) is 6.61 Å². The zero-order valence-electron chi connectivity index (χ0n) is 13.0. The predicted octanol–water partition coefficient (Wildman–Crippen LogP) is 3.55. The zero-order valence-corrected chi connectivity index (χ0v) is 13.8. The fourth-order valence-electron chi connectivity index (χ4n) is 2.15. The van der Waals surface area contributed by atoms with E-state index < -0.39 is 0 Å². The summed E-state index contributed by atoms with van der Waals surface area (Å²) in [5.41, 5.74) is 1.32. The van der Waals surface area contributed by atoms with E-state index in [1.165, 1.54) is 4.68 Å². The number of ketones is 1. The average molecular weight is 341 g/mol. The molecule has 2 aromatic heterocycles. The van der Waals surface area contributed by atoms with E-state index >= 15 is 0 Å². The molecule has 0 radical (unpaired) electrons. The van der Waals surface area contributed by atoms with Crippen LogP contribution in [0, 0.1) is 4.84 Å². The van der Waals surface area contributed by atoms with Crippen LogP contribution < -0.4 is 4.74 Å². The number of hydrogen-bond donors (Lipinski definition) is 0. The molecule has 3 rings (SSSR count). The molecule has 0 spiro atoms. The first kappa shape index (κ1) is 16.1. The Morgan fingerprint density at radius 3 is 2.58 bits per heavy atom. The van der Waals surface area contributed by atoms with E-state index in [1.807, 2.05) is 6.92 Å². The number of benzene rings is 1. The van der Waals surface area contributed by atoms with Gasteiger partial charge in [-0.25, -0.2) is 4.68 Å². The Hall–Kier alpha value is -2.80. The van der Waals surface area contributed by atoms with Crippen LogP contribution in [0.1, 0.15) is 17.3 Å². The topological polar surface area (TPSA) is 70.2 Å². The molecule has 0 unspecified atom stereocenters. The van der Waals surface area contributed by atoms with E-state index in [4.69, 9.17) is 21.4 Å². The van der Waals surface area contributed by atoms with Crippen LogP contribution in [0.2, 0.25) is 0 Å². The van der Waals surface area contributed by atoms with Crippen molar-refractivity contribution in [2.24, 2.45) is 0 Å². The van der Waals surface area contributed by atoms with Crippen molar-refractivity contribution >= 4 is 18.0 Å². The molecule has 0 saturated carbocycles. The molecule has 6 nitrogen and oxygen atoms in total. The van der Waals surface area contributed by atoms with E-state index in [0.29, 0.717) is 18.1 Å². The minimum Gasteiger partial charge on any atom is -0.494 e. The summed E-state index contributed by atoms with van der Waals surface area (Å²) in [6.07, 6.45) is 3.27. The van der Waals surface area contributed by atoms with Crippen molar-refractivity contribution < 1.29 is 13.9 Å². The van der Waals surface area contributed by atoms with Crippen LogP contribution in [0.25, 0.3) is 11.5 Å². The number of Topliss-reactive ketones (excluding diaryl/α,β-unsaturated/α-hetero) is 1. The number of hydrogen-bond acceptors (Lipinski definition) is 6. The molecule has 24 heavy (non-hydrogen) atoms. The maximum absolute atomic E-state index is 12.4. The molecule has 2 heterocycles. The Bertz CT molecular complexity index is 885. The van der Waals surface area contributed by atoms with Crippen LogP contribution in [0.15, 0.2) is 53.2 Å². The van der Waals surface area contributed by atoms with E-state index in [0.717, 1.165) is 11.3 Å². The molecule has 0 N–H and O–H groups in total. The molecule has 122 valence electrons. The Morgan fingerprint density at radius 1 is 1.21 bits per heavy atom. The summed E-state index contributed by atoms with van der Waals surface area (Å²) in [5, 5.41) is 4.27. The molecule has 1 aromatic carbocycles. The quantitative estimate of drug-likeness (QED) is 0.504. The number of nitrogens with zero attached hydrogens (tertiary/aromatic N) is 3. The fourth-order valence-corrected chi connectivity index (χ4v) is 2.33. The number of carbonyl (C=O) groups is 1. The Balaban J connectivity index is 1.77. The lowest BCUT2D eigenvalue weighted by Gasteiger charge is -2.04. The van der Waals surface area contributed by atoms with E-state index in [2.05, 4.69) is 10.1 Å². The van der Waals surface area contributed by atoms with Crippen LogP contribution in [-0.4, -0.2) is 27.2 Å². The predicted molar refractivity (Wildman–Crippen MR) is 90.5 cm³/mol. The summed E-state index contributed by atoms with van der Waals surface area (Å²) in [7, 11) is 0. The van der Waals surface area contributed by atoms with Gasteiger partial charge in [-0.05, 0) is 55.5 Å². The summed E-state index contributed by atoms with van der Waals surface area (Å²) in [6, 6.07) is 10.5. The van der Waals surface area contributed by atoms with Gasteiger partial charge in [0.1, 0.15) is 12.3 Å². The molecule has 0 aliphatic rings. The third-order valence-electron chi connectivity index (χ3n) is 3.31. The summed E-state index contributed by atoms with van der Waals surface area (Å²) >= 11 is 5.14. The molecule has 0 saturated heterocycles. The average Bonchev–Trinajstić information content (AvgIpc) is 2.97. The monoisotopic (exact) mass is 341 g/mol. The van der Waals surface area contributed by atoms with Gasteiger partial charge in [0.15, 0.2) is 5.78 Å². The minimum absolute atomic E-state index is 0.0153. The van der Waals surface area contributed by atoms with Gasteiger partial charge >= 0.3 is 0 Å². The van der Waals surface area contributed by atoms with Gasteiger partial charge in [-0.2, -0.15) is 0 Å². The van der Waals surface area contributed by atoms with Gasteiger partial charge in [0.05, 0.1) is 6.61 Å². The first-order valence-corrected chi connectivity index (χ1v) is 7.82. The number of carbonyl (C=O) groups excluding carboxylic acids is 1. The van der Waals surface area contributed by atoms with Crippen LogP contribution in [0.5, 0.6) is 5.75 Å². The van der Waals surface area contributed by atoms with Crippen LogP contribution >= 0.6 is 12.2 Å². The maximum Gasteiger partial charge on any atom is 0.287 e. The standard InChI is InChI=1S/C17H15N3O3S/c1-2-22-14-5-3-12(4-6-14)15(21)11-20-17(24)23-16(19-20)13-7-9-18-10-8-13/h3-10H,2,11H2,1H3. The highest BCUT2D eigenvalue weighted by atomic mass is 32.1. The lowest BCUT2D eigenvalue weighted by atomic mass is 10.1. The largest absolute Gasteiger partial charge is 0.494 e. The third kappa shape index (κ3) is 3.57. The first-order valence-electron chi connectivity index (χ1n) is 7.42. The highest BCUT2D eigenvalue weighted by Gasteiger charge is 2.13. The normalized spacial score (nSPS) is 10.5. The van der Waals surface area contributed by atoms with Gasteiger partial charge in [0.2, 0.25) is 5.89 Å². The summed E-state index contributed by atoms with van der Waals surface area (Å²) in [4.78, 5) is 16.5. The molecule has 0 fully saturated rings. The van der Waals surface area contributed by atoms with Gasteiger partial charge in [-0.1, -0.05) is 0 Å². The molecule has 0 aliphatic carbocycles. The van der Waals surface area contributed by atoms with Gasteiger partial charge in [0, 0.05) is 23.5 Å². The molecule has 0 bridgehead atoms. The first-order chi connectivity index (χ1) is 11.7. The van der Waals surface area contributed by atoms with Crippen LogP contribution in [0.4, 0.5) is 0 Å². The SMILES string of the molecule is CCOc1ccc(C(=O)Cn2nc(-c3ccncc3)oc2=S)cc1. The van der Waals surface area contributed by atoms with Gasteiger partial charge in [0.25, 0.3) is 4.84 Å². The van der Waals surface area contributed by atoms with E-state index in [9.17, 15) is 4.79 Å². The van der Waals surface area contributed by atoms with Crippen molar-refractivity contribution in [1.82, 2.24) is 14.8 Å². The van der Waals surface area contributed by atoms with Crippen molar-refractivity contribution in [3.05, 3.63) is 59.2 Å². The van der Waals surface area contributed by atoms with Crippen LogP contribution in [0.3, 0.4) is 0 Å². The lowest BCUT2D eigenvalue weighted by molar-refractivity contribution is 0.0966. The molecule has 0 atom stereocenters. The zero-order chi connectivity index (χ0) is 16.9. The number of pyridine rings is 1. The van der Waals surface area contributed by atoms with Crippen molar-refractivity contribution in [3.63, 3.8) is 0 Å². The Labute approximate surface area is 143 Å². The summed E-state index contributed by atoms with van der Waals surface area (Å²) in [5.74, 6) is 0.984. The van der Waals surface area contributed by atoms with Gasteiger partial charge < -0.3 is 9.15 Å². The van der Waals surface area contributed by atoms with E-state index in [1.54, 1.807) is 48.8 Å². The summed E-state index contributed by atoms with van der Waals surface area (Å²) < 4.78 is 12.2. The molecular weight excluding hydrogens is 326 g/mol. The van der Waals surface area contributed by atoms with Crippen molar-refractivity contribution in [2.45, 2.75) is 13.5 Å². The van der Waals surface area contributed by atoms with Crippen molar-refractivity contribution in [3.8, 4) is 17.2 Å². The Kier molecular flexibility index (Phi) is 4.81. The summed E-state index contributed by atoms with van der Waals surface area (Å²) in [6.45, 7) is 2.51. The fraction of sp³-hybridized carbons (Fsp3) is 0.176. The molecule has 0 aliphatic heterocycles. The minimum atomic E-state index is -0.108. The number of ether oxygens (including phenoxy) is 1. The van der Waals surface area contributed by atoms with E-state index in [-0.39, 0.29) is 17.2 Å². The molecule has 3 aromatic rings. The van der Waals surface area contributed by atoms with Gasteiger partial charge in [-0.15, -0.1) is 5.10 Å². The highest BCUT2D eigenvalue weighted by molar-refractivity contribution is 7.71.